The number of hydrogen-bond acceptors (Lipinski definition) is 5. The second kappa shape index (κ2) is 7.24. The van der Waals surface area contributed by atoms with Gasteiger partial charge in [0.1, 0.15) is 18.0 Å². The lowest BCUT2D eigenvalue weighted by atomic mass is 10.1. The third-order valence-corrected chi connectivity index (χ3v) is 4.27. The Bertz CT molecular complexity index is 525. The van der Waals surface area contributed by atoms with E-state index < -0.39 is 0 Å². The number of hydrogen-bond donors (Lipinski definition) is 2. The first-order valence-corrected chi connectivity index (χ1v) is 7.99. The smallest absolute Gasteiger partial charge is 0.135 e. The Morgan fingerprint density at radius 1 is 1.25 bits per heavy atom. The fourth-order valence-corrected chi connectivity index (χ4v) is 3.13. The molecule has 2 heterocycles. The summed E-state index contributed by atoms with van der Waals surface area (Å²) in [5.74, 6) is 1.87. The third kappa shape index (κ3) is 3.28. The predicted molar refractivity (Wildman–Crippen MR) is 86.5 cm³/mol. The van der Waals surface area contributed by atoms with E-state index in [1.165, 1.54) is 10.4 Å². The summed E-state index contributed by atoms with van der Waals surface area (Å²) < 4.78 is 0. The van der Waals surface area contributed by atoms with Crippen LogP contribution >= 0.6 is 11.3 Å². The molecule has 0 saturated carbocycles. The van der Waals surface area contributed by atoms with Gasteiger partial charge in [-0.2, -0.15) is 0 Å². The molecule has 0 bridgehead atoms. The normalized spacial score (nSPS) is 12.2. The van der Waals surface area contributed by atoms with Crippen LogP contribution in [-0.2, 0) is 6.42 Å². The van der Waals surface area contributed by atoms with Crippen LogP contribution in [-0.4, -0.2) is 17.0 Å². The standard InChI is InChI=1S/C15H22N4S/c1-4-7-11-14(16-3)17-10-18-15(11)19-12(5-2)13-8-6-9-20-13/h6,8-10,12H,4-5,7H2,1-3H3,(H2,16,17,18,19). The lowest BCUT2D eigenvalue weighted by Gasteiger charge is -2.19. The maximum atomic E-state index is 4.45. The minimum Gasteiger partial charge on any atom is -0.373 e. The lowest BCUT2D eigenvalue weighted by molar-refractivity contribution is 0.752. The maximum Gasteiger partial charge on any atom is 0.135 e. The quantitative estimate of drug-likeness (QED) is 0.806. The van der Waals surface area contributed by atoms with Gasteiger partial charge in [-0.25, -0.2) is 9.97 Å². The van der Waals surface area contributed by atoms with Gasteiger partial charge in [0, 0.05) is 17.5 Å². The third-order valence-electron chi connectivity index (χ3n) is 3.29. The molecule has 0 aromatic carbocycles. The Kier molecular flexibility index (Phi) is 5.35. The first-order chi connectivity index (χ1) is 9.80. The number of rotatable bonds is 7. The van der Waals surface area contributed by atoms with Gasteiger partial charge in [-0.15, -0.1) is 11.3 Å². The van der Waals surface area contributed by atoms with Crippen LogP contribution in [0.15, 0.2) is 23.8 Å². The summed E-state index contributed by atoms with van der Waals surface area (Å²) in [5.41, 5.74) is 1.17. The van der Waals surface area contributed by atoms with E-state index in [4.69, 9.17) is 0 Å². The van der Waals surface area contributed by atoms with Crippen molar-refractivity contribution in [2.45, 2.75) is 39.2 Å². The average molecular weight is 290 g/mol. The summed E-state index contributed by atoms with van der Waals surface area (Å²) in [4.78, 5) is 10.1. The van der Waals surface area contributed by atoms with Gasteiger partial charge >= 0.3 is 0 Å². The van der Waals surface area contributed by atoms with E-state index in [9.17, 15) is 0 Å². The highest BCUT2D eigenvalue weighted by Gasteiger charge is 2.15. The van der Waals surface area contributed by atoms with Crippen LogP contribution in [0, 0.1) is 0 Å². The number of nitrogens with one attached hydrogen (secondary N) is 2. The Labute approximate surface area is 124 Å². The zero-order valence-corrected chi connectivity index (χ0v) is 13.1. The van der Waals surface area contributed by atoms with Crippen molar-refractivity contribution in [2.75, 3.05) is 17.7 Å². The number of nitrogens with zero attached hydrogens (tertiary/aromatic N) is 2. The molecule has 0 saturated heterocycles. The number of thiophene rings is 1. The molecular formula is C15H22N4S. The molecule has 1 unspecified atom stereocenters. The largest absolute Gasteiger partial charge is 0.373 e. The minimum atomic E-state index is 0.310. The number of anilines is 2. The van der Waals surface area contributed by atoms with Crippen molar-refractivity contribution in [1.82, 2.24) is 9.97 Å². The molecule has 2 N–H and O–H groups in total. The Hall–Kier alpha value is -1.62. The molecule has 0 aliphatic carbocycles. The van der Waals surface area contributed by atoms with Crippen molar-refractivity contribution in [3.63, 3.8) is 0 Å². The average Bonchev–Trinajstić information content (AvgIpc) is 3.00. The molecule has 2 rings (SSSR count). The summed E-state index contributed by atoms with van der Waals surface area (Å²) in [6, 6.07) is 4.58. The highest BCUT2D eigenvalue weighted by molar-refractivity contribution is 7.10. The fraction of sp³-hybridized carbons (Fsp3) is 0.467. The summed E-state index contributed by atoms with van der Waals surface area (Å²) >= 11 is 1.78. The molecule has 1 atom stereocenters. The first kappa shape index (κ1) is 14.8. The van der Waals surface area contributed by atoms with Crippen LogP contribution in [0.4, 0.5) is 11.6 Å². The van der Waals surface area contributed by atoms with E-state index in [1.807, 2.05) is 7.05 Å². The summed E-state index contributed by atoms with van der Waals surface area (Å²) in [6.45, 7) is 4.36. The maximum absolute atomic E-state index is 4.45. The van der Waals surface area contributed by atoms with E-state index in [0.717, 1.165) is 30.9 Å². The minimum absolute atomic E-state index is 0.310. The van der Waals surface area contributed by atoms with Crippen LogP contribution in [0.2, 0.25) is 0 Å². The molecular weight excluding hydrogens is 268 g/mol. The van der Waals surface area contributed by atoms with Gasteiger partial charge in [-0.3, -0.25) is 0 Å². The summed E-state index contributed by atoms with van der Waals surface area (Å²) in [6.07, 6.45) is 4.70. The van der Waals surface area contributed by atoms with Crippen LogP contribution in [0.3, 0.4) is 0 Å². The van der Waals surface area contributed by atoms with Crippen molar-refractivity contribution in [3.05, 3.63) is 34.3 Å². The zero-order chi connectivity index (χ0) is 14.4. The van der Waals surface area contributed by atoms with Crippen molar-refractivity contribution in [2.24, 2.45) is 0 Å². The topological polar surface area (TPSA) is 49.8 Å². The van der Waals surface area contributed by atoms with Gasteiger partial charge in [0.2, 0.25) is 0 Å². The van der Waals surface area contributed by atoms with E-state index in [-0.39, 0.29) is 0 Å². The highest BCUT2D eigenvalue weighted by Crippen LogP contribution is 2.29. The summed E-state index contributed by atoms with van der Waals surface area (Å²) in [7, 11) is 1.90. The Morgan fingerprint density at radius 3 is 2.65 bits per heavy atom. The molecule has 20 heavy (non-hydrogen) atoms. The van der Waals surface area contributed by atoms with Crippen LogP contribution < -0.4 is 10.6 Å². The first-order valence-electron chi connectivity index (χ1n) is 7.11. The molecule has 2 aromatic rings. The van der Waals surface area contributed by atoms with Crippen molar-refractivity contribution < 1.29 is 0 Å². The van der Waals surface area contributed by atoms with E-state index in [1.54, 1.807) is 17.7 Å². The fourth-order valence-electron chi connectivity index (χ4n) is 2.27. The zero-order valence-electron chi connectivity index (χ0n) is 12.3. The Balaban J connectivity index is 2.27. The SMILES string of the molecule is CCCc1c(NC)ncnc1NC(CC)c1cccs1. The monoisotopic (exact) mass is 290 g/mol. The molecule has 0 spiro atoms. The molecule has 0 radical (unpaired) electrons. The van der Waals surface area contributed by atoms with Crippen LogP contribution in [0.25, 0.3) is 0 Å². The van der Waals surface area contributed by atoms with Crippen molar-refractivity contribution in [3.8, 4) is 0 Å². The lowest BCUT2D eigenvalue weighted by Crippen LogP contribution is -2.13. The predicted octanol–water partition coefficient (Wildman–Crippen LogP) is 4.10. The van der Waals surface area contributed by atoms with Gasteiger partial charge < -0.3 is 10.6 Å². The van der Waals surface area contributed by atoms with Gasteiger partial charge in [0.15, 0.2) is 0 Å². The molecule has 0 amide bonds. The second-order valence-corrected chi connectivity index (χ2v) is 5.65. The molecule has 2 aromatic heterocycles. The van der Waals surface area contributed by atoms with Crippen LogP contribution in [0.1, 0.15) is 43.2 Å². The van der Waals surface area contributed by atoms with E-state index in [0.29, 0.717) is 6.04 Å². The molecule has 0 aliphatic heterocycles. The van der Waals surface area contributed by atoms with Crippen molar-refractivity contribution in [1.29, 1.82) is 0 Å². The molecule has 5 heteroatoms. The number of aromatic nitrogens is 2. The molecule has 0 aliphatic rings. The summed E-state index contributed by atoms with van der Waals surface area (Å²) in [5, 5.41) is 8.85. The second-order valence-electron chi connectivity index (χ2n) is 4.67. The van der Waals surface area contributed by atoms with Gasteiger partial charge in [-0.05, 0) is 24.3 Å². The van der Waals surface area contributed by atoms with E-state index in [2.05, 4.69) is 52.0 Å². The van der Waals surface area contributed by atoms with Gasteiger partial charge in [-0.1, -0.05) is 26.3 Å². The molecule has 4 nitrogen and oxygen atoms in total. The highest BCUT2D eigenvalue weighted by atomic mass is 32.1. The van der Waals surface area contributed by atoms with Crippen LogP contribution in [0.5, 0.6) is 0 Å². The molecule has 0 fully saturated rings. The Morgan fingerprint density at radius 2 is 2.05 bits per heavy atom. The van der Waals surface area contributed by atoms with E-state index >= 15 is 0 Å². The van der Waals surface area contributed by atoms with Gasteiger partial charge in [0.05, 0.1) is 6.04 Å². The molecule has 108 valence electrons. The van der Waals surface area contributed by atoms with Gasteiger partial charge in [0.25, 0.3) is 0 Å². The van der Waals surface area contributed by atoms with Crippen molar-refractivity contribution >= 4 is 23.0 Å².